The van der Waals surface area contributed by atoms with Gasteiger partial charge in [-0.2, -0.15) is 25.3 Å². The van der Waals surface area contributed by atoms with Gasteiger partial charge in [0.05, 0.1) is 0 Å². The van der Waals surface area contributed by atoms with Crippen LogP contribution in [-0.4, -0.2) is 11.5 Å². The van der Waals surface area contributed by atoms with E-state index in [-0.39, 0.29) is 0 Å². The van der Waals surface area contributed by atoms with Gasteiger partial charge in [-0.25, -0.2) is 0 Å². The molecule has 0 unspecified atom stereocenters. The third-order valence-corrected chi connectivity index (χ3v) is 1.46. The van der Waals surface area contributed by atoms with Crippen molar-refractivity contribution in [3.63, 3.8) is 0 Å². The van der Waals surface area contributed by atoms with Crippen LogP contribution in [0.4, 0.5) is 0 Å². The summed E-state index contributed by atoms with van der Waals surface area (Å²) in [5.41, 5.74) is 0. The SMILES string of the molecule is SC/C=C/C=C\C=C\C=C\CS. The zero-order valence-electron chi connectivity index (χ0n) is 6.93. The fourth-order valence-electron chi connectivity index (χ4n) is 0.535. The number of hydrogen-bond donors (Lipinski definition) is 2. The minimum atomic E-state index is 0.785. The lowest BCUT2D eigenvalue weighted by atomic mass is 10.4. The molecule has 0 aromatic rings. The number of hydrogen-bond acceptors (Lipinski definition) is 2. The Morgan fingerprint density at radius 2 is 0.917 bits per heavy atom. The van der Waals surface area contributed by atoms with Crippen LogP contribution in [0.25, 0.3) is 0 Å². The molecule has 0 atom stereocenters. The summed E-state index contributed by atoms with van der Waals surface area (Å²) in [4.78, 5) is 0. The molecule has 66 valence electrons. The zero-order chi connectivity index (χ0) is 9.07. The second kappa shape index (κ2) is 10.7. The summed E-state index contributed by atoms with van der Waals surface area (Å²) < 4.78 is 0. The molecule has 0 bridgehead atoms. The average Bonchev–Trinajstić information content (AvgIpc) is 2.10. The van der Waals surface area contributed by atoms with E-state index in [1.165, 1.54) is 0 Å². The lowest BCUT2D eigenvalue weighted by Gasteiger charge is -1.75. The van der Waals surface area contributed by atoms with Gasteiger partial charge >= 0.3 is 0 Å². The molecule has 0 nitrogen and oxygen atoms in total. The van der Waals surface area contributed by atoms with Gasteiger partial charge in [-0.3, -0.25) is 0 Å². The topological polar surface area (TPSA) is 0 Å². The lowest BCUT2D eigenvalue weighted by Crippen LogP contribution is -1.57. The molecular formula is C10H14S2. The Bertz CT molecular complexity index is 166. The predicted octanol–water partition coefficient (Wildman–Crippen LogP) is 3.07. The van der Waals surface area contributed by atoms with Crippen LogP contribution < -0.4 is 0 Å². The van der Waals surface area contributed by atoms with Crippen LogP contribution in [0.5, 0.6) is 0 Å². The molecule has 0 saturated heterocycles. The van der Waals surface area contributed by atoms with E-state index in [1.807, 2.05) is 48.6 Å². The van der Waals surface area contributed by atoms with Crippen molar-refractivity contribution in [3.8, 4) is 0 Å². The maximum Gasteiger partial charge on any atom is 0.00856 e. The van der Waals surface area contributed by atoms with Crippen LogP contribution in [0, 0.1) is 0 Å². The molecule has 0 fully saturated rings. The van der Waals surface area contributed by atoms with Gasteiger partial charge in [-0.15, -0.1) is 0 Å². The van der Waals surface area contributed by atoms with Gasteiger partial charge in [0.1, 0.15) is 0 Å². The van der Waals surface area contributed by atoms with Crippen molar-refractivity contribution in [2.75, 3.05) is 11.5 Å². The lowest BCUT2D eigenvalue weighted by molar-refractivity contribution is 1.75. The third-order valence-electron chi connectivity index (χ3n) is 1.04. The molecule has 0 spiro atoms. The Kier molecular flexibility index (Phi) is 10.4. The van der Waals surface area contributed by atoms with E-state index in [0.717, 1.165) is 11.5 Å². The summed E-state index contributed by atoms with van der Waals surface area (Å²) in [5, 5.41) is 0. The zero-order valence-corrected chi connectivity index (χ0v) is 8.72. The molecule has 0 saturated carbocycles. The second-order valence-corrected chi connectivity index (χ2v) is 2.72. The molecule has 0 heterocycles. The molecule has 0 rings (SSSR count). The van der Waals surface area contributed by atoms with Gasteiger partial charge in [-0.05, 0) is 0 Å². The van der Waals surface area contributed by atoms with Crippen molar-refractivity contribution in [1.82, 2.24) is 0 Å². The highest BCUT2D eigenvalue weighted by molar-refractivity contribution is 7.80. The van der Waals surface area contributed by atoms with E-state index in [2.05, 4.69) is 25.3 Å². The molecule has 0 aromatic heterocycles. The van der Waals surface area contributed by atoms with E-state index >= 15 is 0 Å². The number of allylic oxidation sites excluding steroid dienone is 6. The molecule has 0 aliphatic carbocycles. The van der Waals surface area contributed by atoms with Crippen LogP contribution in [0.1, 0.15) is 0 Å². The summed E-state index contributed by atoms with van der Waals surface area (Å²) in [6, 6.07) is 0. The van der Waals surface area contributed by atoms with E-state index in [0.29, 0.717) is 0 Å². The van der Waals surface area contributed by atoms with Crippen LogP contribution in [0.2, 0.25) is 0 Å². The van der Waals surface area contributed by atoms with Crippen LogP contribution in [-0.2, 0) is 0 Å². The first-order valence-corrected chi connectivity index (χ1v) is 5.05. The third kappa shape index (κ3) is 9.66. The average molecular weight is 198 g/mol. The van der Waals surface area contributed by atoms with Gasteiger partial charge < -0.3 is 0 Å². The summed E-state index contributed by atoms with van der Waals surface area (Å²) in [5.74, 6) is 1.57. The van der Waals surface area contributed by atoms with Crippen molar-refractivity contribution in [3.05, 3.63) is 48.6 Å². The molecule has 0 aliphatic rings. The first kappa shape index (κ1) is 11.7. The minimum absolute atomic E-state index is 0.785. The maximum absolute atomic E-state index is 4.03. The Morgan fingerprint density at radius 1 is 0.583 bits per heavy atom. The molecule has 2 heteroatoms. The van der Waals surface area contributed by atoms with E-state index < -0.39 is 0 Å². The van der Waals surface area contributed by atoms with Crippen molar-refractivity contribution in [2.45, 2.75) is 0 Å². The minimum Gasteiger partial charge on any atom is -0.175 e. The van der Waals surface area contributed by atoms with E-state index in [4.69, 9.17) is 0 Å². The Morgan fingerprint density at radius 3 is 1.25 bits per heavy atom. The van der Waals surface area contributed by atoms with Crippen LogP contribution in [0.3, 0.4) is 0 Å². The Balaban J connectivity index is 3.52. The fraction of sp³-hybridized carbons (Fsp3) is 0.200. The fourth-order valence-corrected chi connectivity index (χ4v) is 0.779. The normalized spacial score (nSPS) is 13.2. The second-order valence-electron chi connectivity index (χ2n) is 1.99. The van der Waals surface area contributed by atoms with Gasteiger partial charge in [0.15, 0.2) is 0 Å². The predicted molar refractivity (Wildman–Crippen MR) is 64.3 cm³/mol. The van der Waals surface area contributed by atoms with Crippen LogP contribution in [0.15, 0.2) is 48.6 Å². The molecule has 0 N–H and O–H groups in total. The van der Waals surface area contributed by atoms with E-state index in [1.54, 1.807) is 0 Å². The molecular weight excluding hydrogens is 184 g/mol. The highest BCUT2D eigenvalue weighted by atomic mass is 32.1. The monoisotopic (exact) mass is 198 g/mol. The molecule has 0 radical (unpaired) electrons. The molecule has 0 aliphatic heterocycles. The van der Waals surface area contributed by atoms with Gasteiger partial charge in [0.25, 0.3) is 0 Å². The highest BCUT2D eigenvalue weighted by Crippen LogP contribution is 1.84. The number of thiol groups is 2. The standard InChI is InChI=1S/C10H14S2/c11-9-7-5-3-1-2-4-6-8-10-12/h1-8,11-12H,9-10H2/b3-1-,4-2+,7-5+,8-6+. The van der Waals surface area contributed by atoms with E-state index in [9.17, 15) is 0 Å². The van der Waals surface area contributed by atoms with Gasteiger partial charge in [0, 0.05) is 11.5 Å². The summed E-state index contributed by atoms with van der Waals surface area (Å²) >= 11 is 8.07. The van der Waals surface area contributed by atoms with Crippen molar-refractivity contribution in [2.24, 2.45) is 0 Å². The largest absolute Gasteiger partial charge is 0.175 e. The maximum atomic E-state index is 4.03. The summed E-state index contributed by atoms with van der Waals surface area (Å²) in [6.07, 6.45) is 15.8. The van der Waals surface area contributed by atoms with Crippen molar-refractivity contribution >= 4 is 25.3 Å². The number of rotatable bonds is 5. The van der Waals surface area contributed by atoms with Crippen molar-refractivity contribution in [1.29, 1.82) is 0 Å². The first-order valence-electron chi connectivity index (χ1n) is 3.78. The van der Waals surface area contributed by atoms with Crippen molar-refractivity contribution < 1.29 is 0 Å². The highest BCUT2D eigenvalue weighted by Gasteiger charge is 1.64. The first-order chi connectivity index (χ1) is 5.91. The Labute approximate surface area is 85.6 Å². The molecule has 0 amide bonds. The van der Waals surface area contributed by atoms with Gasteiger partial charge in [-0.1, -0.05) is 48.6 Å². The summed E-state index contributed by atoms with van der Waals surface area (Å²) in [7, 11) is 0. The summed E-state index contributed by atoms with van der Waals surface area (Å²) in [6.45, 7) is 0. The smallest absolute Gasteiger partial charge is 0.00856 e. The molecule has 0 aromatic carbocycles. The quantitative estimate of drug-likeness (QED) is 0.492. The molecule has 12 heavy (non-hydrogen) atoms. The Hall–Kier alpha value is -0.340. The van der Waals surface area contributed by atoms with Gasteiger partial charge in [0.2, 0.25) is 0 Å². The van der Waals surface area contributed by atoms with Crippen LogP contribution >= 0.6 is 25.3 Å².